The molecule has 1 heterocycles. The van der Waals surface area contributed by atoms with Crippen molar-refractivity contribution in [2.75, 3.05) is 26.2 Å². The highest BCUT2D eigenvalue weighted by molar-refractivity contribution is 5.22. The number of hydrogen-bond acceptors (Lipinski definition) is 3. The third-order valence-electron chi connectivity index (χ3n) is 4.90. The zero-order valence-corrected chi connectivity index (χ0v) is 14.5. The van der Waals surface area contributed by atoms with Gasteiger partial charge in [0.25, 0.3) is 0 Å². The Balaban J connectivity index is 1.35. The average molecular weight is 343 g/mol. The van der Waals surface area contributed by atoms with Crippen molar-refractivity contribution in [1.82, 2.24) is 4.90 Å². The fraction of sp³-hybridized carbons (Fsp3) is 0.429. The summed E-state index contributed by atoms with van der Waals surface area (Å²) in [5.41, 5.74) is 1.02. The minimum atomic E-state index is -0.361. The largest absolute Gasteiger partial charge is 0.493 e. The van der Waals surface area contributed by atoms with Crippen molar-refractivity contribution < 1.29 is 14.2 Å². The Morgan fingerprint density at radius 1 is 1.08 bits per heavy atom. The molecular formula is C21H26FNO2. The van der Waals surface area contributed by atoms with E-state index in [2.05, 4.69) is 4.90 Å². The van der Waals surface area contributed by atoms with Gasteiger partial charge in [-0.2, -0.15) is 0 Å². The molecule has 134 valence electrons. The number of rotatable bonds is 7. The smallest absolute Gasteiger partial charge is 0.126 e. The lowest BCUT2D eigenvalue weighted by Gasteiger charge is -2.34. The Kier molecular flexibility index (Phi) is 6.42. The highest BCUT2D eigenvalue weighted by atomic mass is 19.1. The highest BCUT2D eigenvalue weighted by Gasteiger charge is 2.25. The molecule has 0 amide bonds. The number of hydrogen-bond donors (Lipinski definition) is 1. The standard InChI is InChI=1S/C21H26FNO2/c22-19-8-4-9-20(16-19)25-15-5-12-23-13-10-18(11-14-23)21(24)17-6-2-1-3-7-17/h1-4,6-9,16,18,21,24H,5,10-15H2. The molecule has 3 nitrogen and oxygen atoms in total. The maximum Gasteiger partial charge on any atom is 0.126 e. The van der Waals surface area contributed by atoms with Gasteiger partial charge in [0.2, 0.25) is 0 Å². The molecule has 1 N–H and O–H groups in total. The number of likely N-dealkylation sites (tertiary alicyclic amines) is 1. The van der Waals surface area contributed by atoms with E-state index in [4.69, 9.17) is 4.74 Å². The summed E-state index contributed by atoms with van der Waals surface area (Å²) in [5.74, 6) is 0.656. The first-order valence-electron chi connectivity index (χ1n) is 9.06. The van der Waals surface area contributed by atoms with E-state index in [1.807, 2.05) is 30.3 Å². The molecule has 0 saturated carbocycles. The number of ether oxygens (including phenoxy) is 1. The topological polar surface area (TPSA) is 32.7 Å². The van der Waals surface area contributed by atoms with Crippen LogP contribution in [0.2, 0.25) is 0 Å². The van der Waals surface area contributed by atoms with Gasteiger partial charge in [-0.05, 0) is 56.0 Å². The molecule has 1 aliphatic heterocycles. The molecule has 1 fully saturated rings. The fourth-order valence-corrected chi connectivity index (χ4v) is 3.45. The van der Waals surface area contributed by atoms with E-state index in [1.165, 1.54) is 12.1 Å². The van der Waals surface area contributed by atoms with Crippen LogP contribution in [0.3, 0.4) is 0 Å². The lowest BCUT2D eigenvalue weighted by atomic mass is 9.87. The van der Waals surface area contributed by atoms with Crippen LogP contribution in [0, 0.1) is 11.7 Å². The monoisotopic (exact) mass is 343 g/mol. The summed E-state index contributed by atoms with van der Waals surface area (Å²) in [6.45, 7) is 3.59. The van der Waals surface area contributed by atoms with Crippen LogP contribution in [0.5, 0.6) is 5.75 Å². The van der Waals surface area contributed by atoms with Gasteiger partial charge in [0.15, 0.2) is 0 Å². The SMILES string of the molecule is OC(c1ccccc1)C1CCN(CCCOc2cccc(F)c2)CC1. The second-order valence-corrected chi connectivity index (χ2v) is 6.69. The number of benzene rings is 2. The van der Waals surface area contributed by atoms with E-state index < -0.39 is 0 Å². The molecule has 2 aromatic rings. The molecule has 1 saturated heterocycles. The summed E-state index contributed by atoms with van der Waals surface area (Å²) >= 11 is 0. The molecule has 0 aliphatic carbocycles. The number of aliphatic hydroxyl groups is 1. The molecule has 0 spiro atoms. The van der Waals surface area contributed by atoms with Crippen LogP contribution in [-0.4, -0.2) is 36.2 Å². The minimum absolute atomic E-state index is 0.267. The minimum Gasteiger partial charge on any atom is -0.493 e. The van der Waals surface area contributed by atoms with Gasteiger partial charge < -0.3 is 14.7 Å². The van der Waals surface area contributed by atoms with Crippen molar-refractivity contribution in [3.8, 4) is 5.75 Å². The molecule has 1 atom stereocenters. The molecule has 0 aromatic heterocycles. The third-order valence-corrected chi connectivity index (χ3v) is 4.90. The zero-order valence-electron chi connectivity index (χ0n) is 14.5. The summed E-state index contributed by atoms with van der Waals surface area (Å²) in [6, 6.07) is 16.2. The summed E-state index contributed by atoms with van der Waals surface area (Å²) < 4.78 is 18.7. The molecule has 0 bridgehead atoms. The predicted molar refractivity (Wildman–Crippen MR) is 97.1 cm³/mol. The quantitative estimate of drug-likeness (QED) is 0.770. The summed E-state index contributed by atoms with van der Waals surface area (Å²) in [5, 5.41) is 10.5. The summed E-state index contributed by atoms with van der Waals surface area (Å²) in [4.78, 5) is 2.42. The van der Waals surface area contributed by atoms with Gasteiger partial charge in [0, 0.05) is 12.6 Å². The number of nitrogens with zero attached hydrogens (tertiary/aromatic N) is 1. The van der Waals surface area contributed by atoms with E-state index in [1.54, 1.807) is 12.1 Å². The van der Waals surface area contributed by atoms with E-state index in [0.29, 0.717) is 18.3 Å². The molecule has 3 rings (SSSR count). The van der Waals surface area contributed by atoms with Gasteiger partial charge >= 0.3 is 0 Å². The van der Waals surface area contributed by atoms with Crippen LogP contribution in [0.25, 0.3) is 0 Å². The number of piperidine rings is 1. The Bertz CT molecular complexity index is 641. The Morgan fingerprint density at radius 2 is 1.84 bits per heavy atom. The predicted octanol–water partition coefficient (Wildman–Crippen LogP) is 4.04. The zero-order chi connectivity index (χ0) is 17.5. The van der Waals surface area contributed by atoms with Crippen LogP contribution in [0.15, 0.2) is 54.6 Å². The number of aliphatic hydroxyl groups excluding tert-OH is 1. The van der Waals surface area contributed by atoms with Gasteiger partial charge in [-0.3, -0.25) is 0 Å². The molecule has 25 heavy (non-hydrogen) atoms. The maximum atomic E-state index is 13.1. The summed E-state index contributed by atoms with van der Waals surface area (Å²) in [7, 11) is 0. The fourth-order valence-electron chi connectivity index (χ4n) is 3.45. The van der Waals surface area contributed by atoms with Crippen molar-refractivity contribution in [3.63, 3.8) is 0 Å². The first-order chi connectivity index (χ1) is 12.2. The lowest BCUT2D eigenvalue weighted by Crippen LogP contribution is -2.36. The maximum absolute atomic E-state index is 13.1. The first-order valence-corrected chi connectivity index (χ1v) is 9.06. The number of halogens is 1. The first kappa shape index (κ1) is 17.9. The van der Waals surface area contributed by atoms with Crippen LogP contribution in [-0.2, 0) is 0 Å². The Morgan fingerprint density at radius 3 is 2.56 bits per heavy atom. The lowest BCUT2D eigenvalue weighted by molar-refractivity contribution is 0.0575. The molecule has 4 heteroatoms. The molecule has 1 unspecified atom stereocenters. The van der Waals surface area contributed by atoms with E-state index in [0.717, 1.165) is 44.5 Å². The van der Waals surface area contributed by atoms with E-state index in [9.17, 15) is 9.50 Å². The van der Waals surface area contributed by atoms with Crippen LogP contribution in [0.4, 0.5) is 4.39 Å². The Hall–Kier alpha value is -1.91. The van der Waals surface area contributed by atoms with Gasteiger partial charge in [-0.1, -0.05) is 36.4 Å². The van der Waals surface area contributed by atoms with E-state index in [-0.39, 0.29) is 11.9 Å². The molecule has 1 aliphatic rings. The second kappa shape index (κ2) is 8.97. The van der Waals surface area contributed by atoms with Gasteiger partial charge in [-0.25, -0.2) is 4.39 Å². The Labute approximate surface area is 149 Å². The van der Waals surface area contributed by atoms with Crippen LogP contribution in [0.1, 0.15) is 30.9 Å². The summed E-state index contributed by atoms with van der Waals surface area (Å²) in [6.07, 6.45) is 2.59. The third kappa shape index (κ3) is 5.28. The van der Waals surface area contributed by atoms with Crippen molar-refractivity contribution in [2.24, 2.45) is 5.92 Å². The van der Waals surface area contributed by atoms with E-state index >= 15 is 0 Å². The van der Waals surface area contributed by atoms with Crippen LogP contribution < -0.4 is 4.74 Å². The van der Waals surface area contributed by atoms with Gasteiger partial charge in [-0.15, -0.1) is 0 Å². The normalized spacial score (nSPS) is 17.4. The van der Waals surface area contributed by atoms with Crippen molar-refractivity contribution >= 4 is 0 Å². The molecular weight excluding hydrogens is 317 g/mol. The molecule has 2 aromatic carbocycles. The highest BCUT2D eigenvalue weighted by Crippen LogP contribution is 2.30. The van der Waals surface area contributed by atoms with Crippen molar-refractivity contribution in [3.05, 3.63) is 66.0 Å². The van der Waals surface area contributed by atoms with Gasteiger partial charge in [0.1, 0.15) is 11.6 Å². The average Bonchev–Trinajstić information content (AvgIpc) is 2.66. The van der Waals surface area contributed by atoms with Crippen LogP contribution >= 0.6 is 0 Å². The second-order valence-electron chi connectivity index (χ2n) is 6.69. The van der Waals surface area contributed by atoms with Gasteiger partial charge in [0.05, 0.1) is 12.7 Å². The van der Waals surface area contributed by atoms with Crippen molar-refractivity contribution in [1.29, 1.82) is 0 Å². The molecule has 0 radical (unpaired) electrons. The van der Waals surface area contributed by atoms with Crippen molar-refractivity contribution in [2.45, 2.75) is 25.4 Å².